The van der Waals surface area contributed by atoms with Crippen LogP contribution < -0.4 is 0 Å². The third-order valence-electron chi connectivity index (χ3n) is 0.364. The molecule has 0 aliphatic carbocycles. The van der Waals surface area contributed by atoms with Crippen molar-refractivity contribution in [1.82, 2.24) is 0 Å². The highest BCUT2D eigenvalue weighted by Crippen LogP contribution is 1.68. The topological polar surface area (TPSA) is 80.9 Å². The molecule has 4 heteroatoms. The fourth-order valence-electron chi connectivity index (χ4n) is 0. The van der Waals surface area contributed by atoms with Gasteiger partial charge in [0.05, 0.1) is 25.9 Å². The van der Waals surface area contributed by atoms with Crippen molar-refractivity contribution in [2.75, 3.05) is 19.8 Å². The molecular weight excluding hydrogens is 340 g/mol. The summed E-state index contributed by atoms with van der Waals surface area (Å²) in [5.74, 6) is 0. The summed E-state index contributed by atoms with van der Waals surface area (Å²) in [4.78, 5) is 0. The summed E-state index contributed by atoms with van der Waals surface area (Å²) in [6.07, 6.45) is -0.560. The molecule has 0 spiro atoms. The zero-order chi connectivity index (χ0) is 25.7. The van der Waals surface area contributed by atoms with Crippen LogP contribution in [0.3, 0.4) is 0 Å². The molecule has 1 atom stereocenters. The van der Waals surface area contributed by atoms with Gasteiger partial charge in [0.25, 0.3) is 0 Å². The van der Waals surface area contributed by atoms with Crippen LogP contribution in [-0.4, -0.2) is 46.4 Å². The summed E-state index contributed by atoms with van der Waals surface area (Å²) < 4.78 is 0. The summed E-state index contributed by atoms with van der Waals surface area (Å²) in [7, 11) is 0. The van der Waals surface area contributed by atoms with E-state index in [1.54, 1.807) is 0 Å². The number of hydrogen-bond donors (Lipinski definition) is 4. The summed E-state index contributed by atoms with van der Waals surface area (Å²) >= 11 is 0. The zero-order valence-corrected chi connectivity index (χ0v) is 18.2. The first-order valence-corrected chi connectivity index (χ1v) is 7.19. The third kappa shape index (κ3) is 43500. The molecule has 0 rings (SSSR count). The highest BCUT2D eigenvalue weighted by Gasteiger charge is 1.83. The molecule has 0 aromatic heterocycles. The standard InChI is InChI=1S/C3H8O2.C2H6O2.9C2H4/c1-3(5)2-4;3-1-2-4;9*1-2/h3-5H,2H2,1H3;3-4H,1-2H2;9*1-2H2. The number of rotatable bonds is 2. The zero-order valence-electron chi connectivity index (χ0n) is 18.2. The van der Waals surface area contributed by atoms with E-state index in [1.807, 2.05) is 0 Å². The highest BCUT2D eigenvalue weighted by atomic mass is 16.3. The van der Waals surface area contributed by atoms with E-state index in [-0.39, 0.29) is 19.8 Å². The maximum atomic E-state index is 8.11. The van der Waals surface area contributed by atoms with Gasteiger partial charge in [0.15, 0.2) is 0 Å². The lowest BCUT2D eigenvalue weighted by Gasteiger charge is -1.90. The molecule has 4 nitrogen and oxygen atoms in total. The monoisotopic (exact) mass is 390 g/mol. The largest absolute Gasteiger partial charge is 0.394 e. The molecule has 0 bridgehead atoms. The Bertz CT molecular complexity index is 101. The minimum Gasteiger partial charge on any atom is -0.394 e. The lowest BCUT2D eigenvalue weighted by molar-refractivity contribution is 0.110. The molecule has 0 aliphatic rings. The third-order valence-corrected chi connectivity index (χ3v) is 0.364. The predicted octanol–water partition coefficient (Wildman–Crippen LogP) is 5.55. The smallest absolute Gasteiger partial charge is 0.0742 e. The van der Waals surface area contributed by atoms with Crippen molar-refractivity contribution in [3.05, 3.63) is 118 Å². The molecule has 1 unspecified atom stereocenters. The maximum Gasteiger partial charge on any atom is 0.0742 e. The van der Waals surface area contributed by atoms with Crippen molar-refractivity contribution < 1.29 is 20.4 Å². The molecule has 0 saturated carbocycles. The molecular formula is C23H50O4. The lowest BCUT2D eigenvalue weighted by Crippen LogP contribution is -2.03. The average molecular weight is 391 g/mol. The van der Waals surface area contributed by atoms with Gasteiger partial charge in [0.2, 0.25) is 0 Å². The number of hydrogen-bond acceptors (Lipinski definition) is 4. The van der Waals surface area contributed by atoms with E-state index in [9.17, 15) is 0 Å². The molecule has 166 valence electrons. The second-order valence-corrected chi connectivity index (χ2v) is 1.48. The molecule has 0 radical (unpaired) electrons. The van der Waals surface area contributed by atoms with Gasteiger partial charge < -0.3 is 20.4 Å². The van der Waals surface area contributed by atoms with Crippen LogP contribution in [0.2, 0.25) is 0 Å². The minimum absolute atomic E-state index is 0.125. The van der Waals surface area contributed by atoms with E-state index < -0.39 is 6.10 Å². The van der Waals surface area contributed by atoms with E-state index in [1.165, 1.54) is 6.92 Å². The van der Waals surface area contributed by atoms with Gasteiger partial charge in [-0.25, -0.2) is 0 Å². The van der Waals surface area contributed by atoms with E-state index in [2.05, 4.69) is 118 Å². The Morgan fingerprint density at radius 1 is 0.444 bits per heavy atom. The highest BCUT2D eigenvalue weighted by molar-refractivity contribution is 4.34. The van der Waals surface area contributed by atoms with Gasteiger partial charge in [0, 0.05) is 0 Å². The van der Waals surface area contributed by atoms with Crippen LogP contribution in [0.4, 0.5) is 0 Å². The Morgan fingerprint density at radius 3 is 0.519 bits per heavy atom. The Labute approximate surface area is 172 Å². The van der Waals surface area contributed by atoms with Crippen molar-refractivity contribution in [3.8, 4) is 0 Å². The normalized spacial score (nSPS) is 5.22. The van der Waals surface area contributed by atoms with Crippen LogP contribution in [0.25, 0.3) is 0 Å². The molecule has 0 aromatic rings. The van der Waals surface area contributed by atoms with Gasteiger partial charge in [-0.3, -0.25) is 0 Å². The lowest BCUT2D eigenvalue weighted by atomic mass is 10.5. The fraction of sp³-hybridized carbons (Fsp3) is 0.217. The van der Waals surface area contributed by atoms with Gasteiger partial charge in [-0.05, 0) is 6.92 Å². The van der Waals surface area contributed by atoms with Gasteiger partial charge in [-0.2, -0.15) is 0 Å². The molecule has 0 aliphatic heterocycles. The van der Waals surface area contributed by atoms with Crippen molar-refractivity contribution in [1.29, 1.82) is 0 Å². The molecule has 0 heterocycles. The van der Waals surface area contributed by atoms with Crippen LogP contribution in [0.5, 0.6) is 0 Å². The number of aliphatic hydroxyl groups is 4. The SMILES string of the molecule is C=C.C=C.C=C.C=C.C=C.C=C.C=C.C=C.C=C.CC(O)CO.OCCO. The van der Waals surface area contributed by atoms with Gasteiger partial charge in [0.1, 0.15) is 0 Å². The average Bonchev–Trinajstić information content (AvgIpc) is 2.85. The first-order valence-electron chi connectivity index (χ1n) is 7.19. The number of aliphatic hydroxyl groups excluding tert-OH is 4. The van der Waals surface area contributed by atoms with E-state index >= 15 is 0 Å². The van der Waals surface area contributed by atoms with Crippen LogP contribution in [-0.2, 0) is 0 Å². The first-order chi connectivity index (χ1) is 13.2. The van der Waals surface area contributed by atoms with Gasteiger partial charge >= 0.3 is 0 Å². The summed E-state index contributed by atoms with van der Waals surface area (Å²) in [5, 5.41) is 31.3. The Balaban J connectivity index is -0.0000000120. The van der Waals surface area contributed by atoms with Gasteiger partial charge in [-0.15, -0.1) is 118 Å². The first kappa shape index (κ1) is 74.2. The van der Waals surface area contributed by atoms with Gasteiger partial charge in [-0.1, -0.05) is 0 Å². The summed E-state index contributed by atoms with van der Waals surface area (Å²) in [5.41, 5.74) is 0. The molecule has 27 heavy (non-hydrogen) atoms. The summed E-state index contributed by atoms with van der Waals surface area (Å²) in [6, 6.07) is 0. The van der Waals surface area contributed by atoms with E-state index in [4.69, 9.17) is 20.4 Å². The van der Waals surface area contributed by atoms with Crippen molar-refractivity contribution in [2.45, 2.75) is 13.0 Å². The van der Waals surface area contributed by atoms with Crippen LogP contribution in [0.15, 0.2) is 118 Å². The molecule has 0 fully saturated rings. The summed E-state index contributed by atoms with van der Waals surface area (Å²) in [6.45, 7) is 55.1. The Kier molecular flexibility index (Phi) is 2670. The van der Waals surface area contributed by atoms with Crippen molar-refractivity contribution in [2.24, 2.45) is 0 Å². The maximum absolute atomic E-state index is 8.11. The van der Waals surface area contributed by atoms with E-state index in [0.717, 1.165) is 0 Å². The Hall–Kier alpha value is -2.50. The molecule has 0 aromatic carbocycles. The van der Waals surface area contributed by atoms with Crippen molar-refractivity contribution >= 4 is 0 Å². The molecule has 4 N–H and O–H groups in total. The Morgan fingerprint density at radius 2 is 0.519 bits per heavy atom. The second kappa shape index (κ2) is 971. The predicted molar refractivity (Wildman–Crippen MR) is 134 cm³/mol. The van der Waals surface area contributed by atoms with Crippen molar-refractivity contribution in [3.63, 3.8) is 0 Å². The van der Waals surface area contributed by atoms with Crippen LogP contribution in [0, 0.1) is 0 Å². The van der Waals surface area contributed by atoms with E-state index in [0.29, 0.717) is 0 Å². The minimum atomic E-state index is -0.560. The quantitative estimate of drug-likeness (QED) is 0.466. The molecule has 0 saturated heterocycles. The van der Waals surface area contributed by atoms with Crippen LogP contribution >= 0.6 is 0 Å². The van der Waals surface area contributed by atoms with Crippen LogP contribution in [0.1, 0.15) is 6.92 Å². The second-order valence-electron chi connectivity index (χ2n) is 1.48. The molecule has 0 amide bonds. The fourth-order valence-corrected chi connectivity index (χ4v) is 0.